The highest BCUT2D eigenvalue weighted by Gasteiger charge is 2.29. The highest BCUT2D eigenvalue weighted by molar-refractivity contribution is 7.17. The fourth-order valence-electron chi connectivity index (χ4n) is 5.51. The van der Waals surface area contributed by atoms with E-state index in [1.165, 1.54) is 0 Å². The summed E-state index contributed by atoms with van der Waals surface area (Å²) in [6, 6.07) is 28.6. The highest BCUT2D eigenvalue weighted by Crippen LogP contribution is 2.43. The van der Waals surface area contributed by atoms with Gasteiger partial charge in [0.1, 0.15) is 0 Å². The number of nitrogens with zero attached hydrogens (tertiary/aromatic N) is 1. The van der Waals surface area contributed by atoms with Gasteiger partial charge < -0.3 is 10.2 Å². The van der Waals surface area contributed by atoms with Gasteiger partial charge in [-0.1, -0.05) is 42.5 Å². The van der Waals surface area contributed by atoms with Gasteiger partial charge in [-0.2, -0.15) is 0 Å². The molecule has 0 spiro atoms. The first-order valence-corrected chi connectivity index (χ1v) is 15.9. The lowest BCUT2D eigenvalue weighted by molar-refractivity contribution is 0.0974. The molecule has 2 amide bonds. The molecule has 1 aliphatic carbocycles. The van der Waals surface area contributed by atoms with E-state index in [1.54, 1.807) is 46.9 Å². The lowest BCUT2D eigenvalue weighted by Gasteiger charge is -2.23. The van der Waals surface area contributed by atoms with Crippen LogP contribution < -0.4 is 10.2 Å². The number of benzene rings is 3. The van der Waals surface area contributed by atoms with Gasteiger partial charge in [0.15, 0.2) is 5.78 Å². The Morgan fingerprint density at radius 3 is 2.38 bits per heavy atom. The first-order valence-electron chi connectivity index (χ1n) is 14.2. The number of carbonyl (C=O) groups is 3. The molecule has 0 bridgehead atoms. The van der Waals surface area contributed by atoms with Crippen molar-refractivity contribution in [2.75, 3.05) is 16.8 Å². The Kier molecular flexibility index (Phi) is 7.06. The van der Waals surface area contributed by atoms with E-state index >= 15 is 0 Å². The van der Waals surface area contributed by atoms with Crippen LogP contribution in [0.1, 0.15) is 55.2 Å². The summed E-state index contributed by atoms with van der Waals surface area (Å²) < 4.78 is 0. The van der Waals surface area contributed by atoms with Gasteiger partial charge in [-0.25, -0.2) is 0 Å². The SMILES string of the molecule is O=C(CC1CC1)c1cc2c(s1)-c1ccccc1N(C(=O)c1ccc(NC(=O)c3ccccc3-c3cccs3)cc1)CC2. The van der Waals surface area contributed by atoms with Gasteiger partial charge in [0, 0.05) is 50.7 Å². The Hall–Kier alpha value is -4.33. The summed E-state index contributed by atoms with van der Waals surface area (Å²) in [4.78, 5) is 44.6. The molecule has 3 heterocycles. The second kappa shape index (κ2) is 11.2. The van der Waals surface area contributed by atoms with E-state index in [4.69, 9.17) is 0 Å². The molecule has 0 unspecified atom stereocenters. The molecule has 42 heavy (non-hydrogen) atoms. The Morgan fingerprint density at radius 2 is 1.62 bits per heavy atom. The van der Waals surface area contributed by atoms with Gasteiger partial charge in [0.05, 0.1) is 10.6 Å². The quantitative estimate of drug-likeness (QED) is 0.194. The van der Waals surface area contributed by atoms with Crippen molar-refractivity contribution in [1.29, 1.82) is 0 Å². The minimum Gasteiger partial charge on any atom is -0.322 e. The molecule has 5 aromatic rings. The van der Waals surface area contributed by atoms with Crippen molar-refractivity contribution < 1.29 is 14.4 Å². The molecular weight excluding hydrogens is 561 g/mol. The molecule has 2 aliphatic rings. The van der Waals surface area contributed by atoms with E-state index in [1.807, 2.05) is 77.0 Å². The average Bonchev–Trinajstić information content (AvgIpc) is 3.51. The van der Waals surface area contributed by atoms with Gasteiger partial charge in [0.2, 0.25) is 0 Å². The number of fused-ring (bicyclic) bond motifs is 3. The molecule has 5 nitrogen and oxygen atoms in total. The molecule has 3 aromatic carbocycles. The van der Waals surface area contributed by atoms with Crippen LogP contribution in [0.2, 0.25) is 0 Å². The second-order valence-electron chi connectivity index (χ2n) is 10.8. The van der Waals surface area contributed by atoms with Crippen LogP contribution in [0.25, 0.3) is 20.9 Å². The van der Waals surface area contributed by atoms with Crippen LogP contribution in [0.4, 0.5) is 11.4 Å². The number of thiophene rings is 2. The topological polar surface area (TPSA) is 66.5 Å². The van der Waals surface area contributed by atoms with Crippen LogP contribution in [0.15, 0.2) is 96.4 Å². The number of anilines is 2. The van der Waals surface area contributed by atoms with Crippen LogP contribution in [0, 0.1) is 5.92 Å². The molecule has 2 aromatic heterocycles. The highest BCUT2D eigenvalue weighted by atomic mass is 32.1. The number of Topliss-reactive ketones (excluding diaryl/α,β-unsaturated/α-hetero) is 1. The number of rotatable bonds is 7. The van der Waals surface area contributed by atoms with Crippen LogP contribution in [0.3, 0.4) is 0 Å². The maximum absolute atomic E-state index is 13.8. The molecule has 0 radical (unpaired) electrons. The third-order valence-electron chi connectivity index (χ3n) is 7.89. The molecular formula is C35H28N2O3S2. The van der Waals surface area contributed by atoms with Crippen molar-refractivity contribution in [3.63, 3.8) is 0 Å². The zero-order chi connectivity index (χ0) is 28.6. The molecule has 1 N–H and O–H groups in total. The zero-order valence-electron chi connectivity index (χ0n) is 22.8. The summed E-state index contributed by atoms with van der Waals surface area (Å²) in [6.07, 6.45) is 3.64. The van der Waals surface area contributed by atoms with E-state index < -0.39 is 0 Å². The molecule has 1 saturated carbocycles. The minimum atomic E-state index is -0.194. The van der Waals surface area contributed by atoms with Crippen LogP contribution in [-0.2, 0) is 6.42 Å². The Balaban J connectivity index is 1.10. The first-order chi connectivity index (χ1) is 20.5. The Bertz CT molecular complexity index is 1800. The maximum Gasteiger partial charge on any atom is 0.258 e. The summed E-state index contributed by atoms with van der Waals surface area (Å²) in [6.45, 7) is 0.522. The van der Waals surface area contributed by atoms with Crippen molar-refractivity contribution >= 4 is 51.6 Å². The lowest BCUT2D eigenvalue weighted by atomic mass is 10.1. The fourth-order valence-corrected chi connectivity index (χ4v) is 7.47. The normalized spacial score (nSPS) is 14.0. The molecule has 1 aliphatic heterocycles. The number of hydrogen-bond acceptors (Lipinski definition) is 5. The monoisotopic (exact) mass is 588 g/mol. The van der Waals surface area contributed by atoms with Crippen molar-refractivity contribution in [2.24, 2.45) is 5.92 Å². The molecule has 7 rings (SSSR count). The first kappa shape index (κ1) is 26.6. The summed E-state index contributed by atoms with van der Waals surface area (Å²) in [7, 11) is 0. The Morgan fingerprint density at radius 1 is 0.857 bits per heavy atom. The number of hydrogen-bond donors (Lipinski definition) is 1. The van der Waals surface area contributed by atoms with E-state index in [2.05, 4.69) is 5.32 Å². The van der Waals surface area contributed by atoms with Crippen LogP contribution >= 0.6 is 22.7 Å². The largest absolute Gasteiger partial charge is 0.322 e. The van der Waals surface area contributed by atoms with Crippen molar-refractivity contribution in [1.82, 2.24) is 0 Å². The predicted molar refractivity (Wildman–Crippen MR) is 171 cm³/mol. The number of nitrogens with one attached hydrogen (secondary N) is 1. The maximum atomic E-state index is 13.8. The lowest BCUT2D eigenvalue weighted by Crippen LogP contribution is -2.32. The van der Waals surface area contributed by atoms with E-state index in [9.17, 15) is 14.4 Å². The van der Waals surface area contributed by atoms with Crippen molar-refractivity contribution in [3.05, 3.63) is 118 Å². The summed E-state index contributed by atoms with van der Waals surface area (Å²) in [5, 5.41) is 4.98. The van der Waals surface area contributed by atoms with Gasteiger partial charge in [0.25, 0.3) is 11.8 Å². The van der Waals surface area contributed by atoms with Crippen LogP contribution in [-0.4, -0.2) is 24.1 Å². The number of para-hydroxylation sites is 1. The van der Waals surface area contributed by atoms with E-state index in [0.29, 0.717) is 42.1 Å². The standard InChI is InChI=1S/C35H28N2O3S2/c38-30(20-22-11-12-22)32-21-24-17-18-37(29-9-4-3-8-28(29)33(24)42-32)35(40)23-13-15-25(16-14-23)36-34(39)27-7-2-1-6-26(27)31-10-5-19-41-31/h1-10,13-16,19,21-22H,11-12,17-18,20H2,(H,36,39). The fraction of sp³-hybridized carbons (Fsp3) is 0.171. The molecule has 7 heteroatoms. The van der Waals surface area contributed by atoms with Gasteiger partial charge in [-0.05, 0) is 84.7 Å². The molecule has 0 atom stereocenters. The molecule has 0 saturated heterocycles. The van der Waals surface area contributed by atoms with E-state index in [0.717, 1.165) is 49.9 Å². The van der Waals surface area contributed by atoms with Gasteiger partial charge >= 0.3 is 0 Å². The van der Waals surface area contributed by atoms with E-state index in [-0.39, 0.29) is 17.6 Å². The number of amides is 2. The van der Waals surface area contributed by atoms with Gasteiger partial charge in [-0.15, -0.1) is 22.7 Å². The third kappa shape index (κ3) is 5.22. The number of ketones is 1. The number of carbonyl (C=O) groups excluding carboxylic acids is 3. The second-order valence-corrected chi connectivity index (χ2v) is 12.8. The summed E-state index contributed by atoms with van der Waals surface area (Å²) >= 11 is 3.15. The van der Waals surface area contributed by atoms with Crippen molar-refractivity contribution in [2.45, 2.75) is 25.7 Å². The summed E-state index contributed by atoms with van der Waals surface area (Å²) in [5.74, 6) is 0.508. The zero-order valence-corrected chi connectivity index (χ0v) is 24.5. The Labute approximate surface area is 252 Å². The predicted octanol–water partition coefficient (Wildman–Crippen LogP) is 8.58. The van der Waals surface area contributed by atoms with Gasteiger partial charge in [-0.3, -0.25) is 14.4 Å². The minimum absolute atomic E-state index is 0.0939. The average molecular weight is 589 g/mol. The molecule has 1 fully saturated rings. The smallest absolute Gasteiger partial charge is 0.258 e. The molecule has 208 valence electrons. The summed E-state index contributed by atoms with van der Waals surface area (Å²) in [5.41, 5.74) is 5.64. The van der Waals surface area contributed by atoms with Crippen LogP contribution in [0.5, 0.6) is 0 Å². The third-order valence-corrected chi connectivity index (χ3v) is 10.0. The van der Waals surface area contributed by atoms with Crippen molar-refractivity contribution in [3.8, 4) is 20.9 Å².